The number of hydrogen-bond donors (Lipinski definition) is 2. The molecule has 0 bridgehead atoms. The van der Waals surface area contributed by atoms with Crippen molar-refractivity contribution in [3.8, 4) is 11.5 Å². The van der Waals surface area contributed by atoms with Crippen LogP contribution in [0.3, 0.4) is 0 Å². The van der Waals surface area contributed by atoms with Gasteiger partial charge in [0.2, 0.25) is 5.91 Å². The fourth-order valence-corrected chi connectivity index (χ4v) is 2.62. The Bertz CT molecular complexity index is 791. The molecule has 0 unspecified atom stereocenters. The summed E-state index contributed by atoms with van der Waals surface area (Å²) in [5, 5.41) is 6.01. The second kappa shape index (κ2) is 9.58. The van der Waals surface area contributed by atoms with E-state index in [1.165, 1.54) is 6.08 Å². The highest BCUT2D eigenvalue weighted by molar-refractivity contribution is 7.80. The number of amides is 1. The Hall–Kier alpha value is -2.86. The fourth-order valence-electron chi connectivity index (χ4n) is 2.34. The molecule has 2 N–H and O–H groups in total. The molecule has 1 amide bonds. The van der Waals surface area contributed by atoms with Gasteiger partial charge in [0.1, 0.15) is 0 Å². The summed E-state index contributed by atoms with van der Waals surface area (Å²) in [5.41, 5.74) is 1.90. The predicted octanol–water partition coefficient (Wildman–Crippen LogP) is 3.47. The van der Waals surface area contributed by atoms with E-state index in [4.69, 9.17) is 21.7 Å². The van der Waals surface area contributed by atoms with Crippen LogP contribution in [0, 0.1) is 0 Å². The van der Waals surface area contributed by atoms with Crippen LogP contribution in [-0.2, 0) is 4.79 Å². The van der Waals surface area contributed by atoms with Crippen LogP contribution in [0.1, 0.15) is 24.1 Å². The van der Waals surface area contributed by atoms with Crippen LogP contribution in [0.2, 0.25) is 0 Å². The van der Waals surface area contributed by atoms with Crippen molar-refractivity contribution >= 4 is 29.3 Å². The summed E-state index contributed by atoms with van der Waals surface area (Å²) in [6.07, 6.45) is 3.10. The van der Waals surface area contributed by atoms with Gasteiger partial charge in [0.05, 0.1) is 20.3 Å². The zero-order valence-electron chi connectivity index (χ0n) is 15.0. The van der Waals surface area contributed by atoms with E-state index >= 15 is 0 Å². The molecule has 5 nitrogen and oxygen atoms in total. The quantitative estimate of drug-likeness (QED) is 0.602. The molecule has 6 heteroatoms. The maximum atomic E-state index is 12.0. The van der Waals surface area contributed by atoms with Gasteiger partial charge in [-0.2, -0.15) is 0 Å². The van der Waals surface area contributed by atoms with Gasteiger partial charge in [-0.05, 0) is 48.5 Å². The molecular formula is C20H22N2O3S. The van der Waals surface area contributed by atoms with Crippen LogP contribution in [0.4, 0.5) is 0 Å². The molecule has 0 saturated carbocycles. The third-order valence-corrected chi connectivity index (χ3v) is 3.94. The molecule has 0 fully saturated rings. The van der Waals surface area contributed by atoms with Crippen LogP contribution in [0.5, 0.6) is 11.5 Å². The lowest BCUT2D eigenvalue weighted by Gasteiger charge is -2.16. The Morgan fingerprint density at radius 2 is 1.77 bits per heavy atom. The van der Waals surface area contributed by atoms with Crippen molar-refractivity contribution in [2.24, 2.45) is 0 Å². The van der Waals surface area contributed by atoms with E-state index < -0.39 is 0 Å². The third kappa shape index (κ3) is 5.60. The molecule has 0 aliphatic rings. The zero-order valence-corrected chi connectivity index (χ0v) is 15.8. The number of thiocarbonyl (C=S) groups is 1. The fraction of sp³-hybridized carbons (Fsp3) is 0.200. The van der Waals surface area contributed by atoms with Crippen molar-refractivity contribution in [2.45, 2.75) is 13.0 Å². The third-order valence-electron chi connectivity index (χ3n) is 3.72. The Kier molecular flexibility index (Phi) is 7.17. The molecule has 0 saturated heterocycles. The Morgan fingerprint density at radius 3 is 2.42 bits per heavy atom. The number of nitrogens with one attached hydrogen (secondary N) is 2. The van der Waals surface area contributed by atoms with Crippen molar-refractivity contribution in [2.75, 3.05) is 14.2 Å². The zero-order chi connectivity index (χ0) is 18.9. The molecule has 0 aliphatic heterocycles. The van der Waals surface area contributed by atoms with Crippen LogP contribution >= 0.6 is 12.2 Å². The van der Waals surface area contributed by atoms with Gasteiger partial charge in [-0.1, -0.05) is 36.4 Å². The monoisotopic (exact) mass is 370 g/mol. The van der Waals surface area contributed by atoms with Gasteiger partial charge in [0.15, 0.2) is 16.6 Å². The number of methoxy groups -OCH3 is 2. The van der Waals surface area contributed by atoms with E-state index in [1.54, 1.807) is 32.4 Å². The number of rotatable bonds is 6. The van der Waals surface area contributed by atoms with Gasteiger partial charge >= 0.3 is 0 Å². The summed E-state index contributed by atoms with van der Waals surface area (Å²) < 4.78 is 10.4. The molecule has 0 aromatic heterocycles. The van der Waals surface area contributed by atoms with Gasteiger partial charge in [0.25, 0.3) is 0 Å². The maximum absolute atomic E-state index is 12.0. The molecule has 26 heavy (non-hydrogen) atoms. The topological polar surface area (TPSA) is 59.6 Å². The highest BCUT2D eigenvalue weighted by Crippen LogP contribution is 2.27. The standard InChI is InChI=1S/C20H22N2O3S/c1-14(16-7-5-4-6-8-16)21-20(26)22-19(23)12-10-15-9-11-17(24-2)18(13-15)25-3/h4-14H,1-3H3,(H2,21,22,23,26)/b12-10+/t14-/m0/s1. The lowest BCUT2D eigenvalue weighted by Crippen LogP contribution is -2.39. The second-order valence-electron chi connectivity index (χ2n) is 5.54. The number of benzene rings is 2. The molecule has 0 spiro atoms. The lowest BCUT2D eigenvalue weighted by atomic mass is 10.1. The molecule has 136 valence electrons. The van der Waals surface area contributed by atoms with Crippen molar-refractivity contribution in [3.63, 3.8) is 0 Å². The lowest BCUT2D eigenvalue weighted by molar-refractivity contribution is -0.115. The van der Waals surface area contributed by atoms with E-state index in [9.17, 15) is 4.79 Å². The molecular weight excluding hydrogens is 348 g/mol. The number of carbonyl (C=O) groups excluding carboxylic acids is 1. The van der Waals surface area contributed by atoms with Crippen molar-refractivity contribution in [3.05, 3.63) is 65.7 Å². The SMILES string of the molecule is COc1ccc(/C=C/C(=O)NC(=S)N[C@@H](C)c2ccccc2)cc1OC. The number of ether oxygens (including phenoxy) is 2. The molecule has 2 aromatic carbocycles. The van der Waals surface area contributed by atoms with Gasteiger partial charge < -0.3 is 14.8 Å². The van der Waals surface area contributed by atoms with E-state index in [1.807, 2.05) is 43.3 Å². The summed E-state index contributed by atoms with van der Waals surface area (Å²) in [4.78, 5) is 12.0. The summed E-state index contributed by atoms with van der Waals surface area (Å²) in [6.45, 7) is 1.98. The summed E-state index contributed by atoms with van der Waals surface area (Å²) >= 11 is 5.20. The second-order valence-corrected chi connectivity index (χ2v) is 5.95. The Balaban J connectivity index is 1.91. The van der Waals surface area contributed by atoms with E-state index in [0.29, 0.717) is 11.5 Å². The average molecular weight is 370 g/mol. The molecule has 0 aliphatic carbocycles. The van der Waals surface area contributed by atoms with E-state index in [2.05, 4.69) is 10.6 Å². The molecule has 2 aromatic rings. The van der Waals surface area contributed by atoms with Crippen molar-refractivity contribution in [1.82, 2.24) is 10.6 Å². The number of hydrogen-bond acceptors (Lipinski definition) is 4. The Labute approximate surface area is 159 Å². The van der Waals surface area contributed by atoms with Gasteiger partial charge in [-0.3, -0.25) is 10.1 Å². The van der Waals surface area contributed by atoms with Gasteiger partial charge in [-0.25, -0.2) is 0 Å². The van der Waals surface area contributed by atoms with E-state index in [0.717, 1.165) is 11.1 Å². The summed E-state index contributed by atoms with van der Waals surface area (Å²) in [5.74, 6) is 0.927. The first-order valence-electron chi connectivity index (χ1n) is 8.10. The number of carbonyl (C=O) groups is 1. The smallest absolute Gasteiger partial charge is 0.250 e. The molecule has 0 radical (unpaired) electrons. The van der Waals surface area contributed by atoms with Gasteiger partial charge in [0, 0.05) is 6.08 Å². The predicted molar refractivity (Wildman–Crippen MR) is 107 cm³/mol. The minimum absolute atomic E-state index is 0.00108. The first-order chi connectivity index (χ1) is 12.5. The highest BCUT2D eigenvalue weighted by Gasteiger charge is 2.08. The summed E-state index contributed by atoms with van der Waals surface area (Å²) in [6, 6.07) is 15.3. The molecule has 0 heterocycles. The van der Waals surface area contributed by atoms with Crippen molar-refractivity contribution in [1.29, 1.82) is 0 Å². The van der Waals surface area contributed by atoms with Crippen LogP contribution in [-0.4, -0.2) is 25.2 Å². The molecule has 1 atom stereocenters. The largest absolute Gasteiger partial charge is 0.493 e. The maximum Gasteiger partial charge on any atom is 0.250 e. The average Bonchev–Trinajstić information content (AvgIpc) is 2.66. The van der Waals surface area contributed by atoms with E-state index in [-0.39, 0.29) is 17.1 Å². The van der Waals surface area contributed by atoms with Gasteiger partial charge in [-0.15, -0.1) is 0 Å². The normalized spacial score (nSPS) is 11.7. The molecule has 2 rings (SSSR count). The van der Waals surface area contributed by atoms with Crippen LogP contribution < -0.4 is 20.1 Å². The minimum Gasteiger partial charge on any atom is -0.493 e. The minimum atomic E-state index is -0.308. The summed E-state index contributed by atoms with van der Waals surface area (Å²) in [7, 11) is 3.14. The van der Waals surface area contributed by atoms with Crippen LogP contribution in [0.15, 0.2) is 54.6 Å². The van der Waals surface area contributed by atoms with Crippen LogP contribution in [0.25, 0.3) is 6.08 Å². The Morgan fingerprint density at radius 1 is 1.08 bits per heavy atom. The van der Waals surface area contributed by atoms with Crippen molar-refractivity contribution < 1.29 is 14.3 Å². The first kappa shape index (κ1) is 19.5. The first-order valence-corrected chi connectivity index (χ1v) is 8.51. The highest BCUT2D eigenvalue weighted by atomic mass is 32.1.